The molecule has 0 radical (unpaired) electrons. The van der Waals surface area contributed by atoms with Crippen molar-refractivity contribution in [1.29, 1.82) is 0 Å². The molecule has 558 valence electrons. The summed E-state index contributed by atoms with van der Waals surface area (Å²) in [7, 11) is -9.91. The van der Waals surface area contributed by atoms with E-state index in [9.17, 15) is 43.2 Å². The topological polar surface area (TPSA) is 237 Å². The molecule has 0 fully saturated rings. The van der Waals surface area contributed by atoms with Gasteiger partial charge < -0.3 is 33.8 Å². The summed E-state index contributed by atoms with van der Waals surface area (Å²) < 4.78 is 68.5. The van der Waals surface area contributed by atoms with Gasteiger partial charge in [-0.3, -0.25) is 37.3 Å². The van der Waals surface area contributed by atoms with E-state index in [0.29, 0.717) is 31.6 Å². The number of hydrogen-bond donors (Lipinski definition) is 3. The normalized spacial score (nSPS) is 14.7. The van der Waals surface area contributed by atoms with Crippen LogP contribution in [0.4, 0.5) is 0 Å². The van der Waals surface area contributed by atoms with Crippen molar-refractivity contribution < 1.29 is 80.2 Å². The monoisotopic (exact) mass is 1380 g/mol. The minimum atomic E-state index is -4.96. The van der Waals surface area contributed by atoms with Gasteiger partial charge in [-0.1, -0.05) is 325 Å². The van der Waals surface area contributed by atoms with Crippen molar-refractivity contribution in [2.24, 2.45) is 23.7 Å². The molecule has 0 aromatic heterocycles. The van der Waals surface area contributed by atoms with Crippen LogP contribution in [0.3, 0.4) is 0 Å². The summed E-state index contributed by atoms with van der Waals surface area (Å²) in [6, 6.07) is 0. The van der Waals surface area contributed by atoms with Crippen LogP contribution in [0.5, 0.6) is 0 Å². The molecular weight excluding hydrogens is 1230 g/mol. The van der Waals surface area contributed by atoms with E-state index in [-0.39, 0.29) is 25.7 Å². The zero-order chi connectivity index (χ0) is 69.6. The molecule has 0 aromatic carbocycles. The smallest absolute Gasteiger partial charge is 0.462 e. The number of carbonyl (C=O) groups is 4. The molecule has 0 amide bonds. The average molecular weight is 1380 g/mol. The van der Waals surface area contributed by atoms with Crippen LogP contribution in [0.2, 0.25) is 0 Å². The molecular formula is C75H146O17P2. The molecule has 0 rings (SSSR count). The van der Waals surface area contributed by atoms with Crippen molar-refractivity contribution in [2.45, 2.75) is 395 Å². The van der Waals surface area contributed by atoms with E-state index >= 15 is 0 Å². The number of rotatable bonds is 72. The Morgan fingerprint density at radius 3 is 0.755 bits per heavy atom. The van der Waals surface area contributed by atoms with Crippen LogP contribution in [0, 0.1) is 23.7 Å². The number of phosphoric acid groups is 2. The third-order valence-electron chi connectivity index (χ3n) is 18.0. The van der Waals surface area contributed by atoms with Crippen molar-refractivity contribution in [3.8, 4) is 0 Å². The Morgan fingerprint density at radius 1 is 0.298 bits per heavy atom. The van der Waals surface area contributed by atoms with Gasteiger partial charge in [0.15, 0.2) is 12.2 Å². The molecule has 7 atom stereocenters. The third kappa shape index (κ3) is 66.0. The maximum atomic E-state index is 13.1. The number of carbonyl (C=O) groups excluding carboxylic acids is 4. The van der Waals surface area contributed by atoms with Crippen molar-refractivity contribution in [3.63, 3.8) is 0 Å². The van der Waals surface area contributed by atoms with Crippen molar-refractivity contribution in [1.82, 2.24) is 0 Å². The molecule has 0 saturated carbocycles. The van der Waals surface area contributed by atoms with Crippen LogP contribution in [0.15, 0.2) is 0 Å². The highest BCUT2D eigenvalue weighted by atomic mass is 31.2. The van der Waals surface area contributed by atoms with Gasteiger partial charge in [-0.2, -0.15) is 0 Å². The minimum absolute atomic E-state index is 0.105. The average Bonchev–Trinajstić information content (AvgIpc) is 1.10. The maximum absolute atomic E-state index is 13.1. The lowest BCUT2D eigenvalue weighted by molar-refractivity contribution is -0.161. The van der Waals surface area contributed by atoms with Crippen LogP contribution in [0.25, 0.3) is 0 Å². The zero-order valence-electron chi connectivity index (χ0n) is 61.6. The lowest BCUT2D eigenvalue weighted by atomic mass is 9.99. The van der Waals surface area contributed by atoms with Gasteiger partial charge in [0.1, 0.15) is 19.3 Å². The van der Waals surface area contributed by atoms with Crippen LogP contribution in [0.1, 0.15) is 376 Å². The molecule has 0 aliphatic rings. The van der Waals surface area contributed by atoms with Crippen molar-refractivity contribution >= 4 is 39.5 Å². The number of hydrogen-bond acceptors (Lipinski definition) is 15. The first-order valence-electron chi connectivity index (χ1n) is 38.8. The Kier molecular flexibility index (Phi) is 63.1. The van der Waals surface area contributed by atoms with Gasteiger partial charge >= 0.3 is 39.5 Å². The molecule has 0 saturated heterocycles. The largest absolute Gasteiger partial charge is 0.472 e. The molecule has 0 aliphatic carbocycles. The van der Waals surface area contributed by atoms with E-state index in [4.69, 9.17) is 37.0 Å². The fourth-order valence-corrected chi connectivity index (χ4v) is 12.9. The first kappa shape index (κ1) is 92.1. The molecule has 0 heterocycles. The van der Waals surface area contributed by atoms with Crippen LogP contribution >= 0.6 is 15.6 Å². The van der Waals surface area contributed by atoms with Gasteiger partial charge in [0, 0.05) is 25.7 Å². The second-order valence-electron chi connectivity index (χ2n) is 28.5. The standard InChI is InChI=1S/C75H146O17P2/c1-9-67(7)53-45-37-29-21-18-19-23-33-42-50-58-75(80)91-70(61-85-72(77)55-47-39-31-25-24-30-38-46-54-68(8)10-2)63-89-93(81,82)87-59-69(76)60-88-94(83,84)90-64-71(62-86-73(78)56-48-40-34-26-28-36-44-52-66(5)6)92-74(79)57-49-41-32-22-17-15-13-11-12-14-16-20-27-35-43-51-65(3)4/h65-71,76H,9-64H2,1-8H3,(H,81,82)(H,83,84)/t67?,68?,69?,70-,71-/m1/s1. The molecule has 17 nitrogen and oxygen atoms in total. The highest BCUT2D eigenvalue weighted by Crippen LogP contribution is 2.45. The zero-order valence-corrected chi connectivity index (χ0v) is 63.4. The second kappa shape index (κ2) is 64.4. The Morgan fingerprint density at radius 2 is 0.511 bits per heavy atom. The Bertz CT molecular complexity index is 1850. The van der Waals surface area contributed by atoms with Gasteiger partial charge in [0.2, 0.25) is 0 Å². The fourth-order valence-electron chi connectivity index (χ4n) is 11.3. The predicted octanol–water partition coefficient (Wildman–Crippen LogP) is 21.7. The molecule has 0 aliphatic heterocycles. The molecule has 5 unspecified atom stereocenters. The highest BCUT2D eigenvalue weighted by Gasteiger charge is 2.30. The van der Waals surface area contributed by atoms with Gasteiger partial charge in [0.25, 0.3) is 0 Å². The quantitative estimate of drug-likeness (QED) is 0.0222. The van der Waals surface area contributed by atoms with Gasteiger partial charge in [0.05, 0.1) is 26.4 Å². The SMILES string of the molecule is CCC(C)CCCCCCCCCCCCC(=O)O[C@H](COC(=O)CCCCCCCCCCC(C)CC)COP(=O)(O)OCC(O)COP(=O)(O)OC[C@@H](COC(=O)CCCCCCCCCC(C)C)OC(=O)CCCCCCCCCCCCCCCCCC(C)C. The van der Waals surface area contributed by atoms with E-state index in [1.165, 1.54) is 173 Å². The van der Waals surface area contributed by atoms with Crippen LogP contribution in [-0.4, -0.2) is 96.7 Å². The Hall–Kier alpha value is -1.94. The number of unbranched alkanes of at least 4 members (excludes halogenated alkanes) is 36. The molecule has 0 bridgehead atoms. The summed E-state index contributed by atoms with van der Waals surface area (Å²) in [5, 5.41) is 10.6. The third-order valence-corrected chi connectivity index (χ3v) is 19.9. The second-order valence-corrected chi connectivity index (χ2v) is 31.4. The van der Waals surface area contributed by atoms with Crippen LogP contribution < -0.4 is 0 Å². The van der Waals surface area contributed by atoms with Crippen LogP contribution in [-0.2, 0) is 65.4 Å². The van der Waals surface area contributed by atoms with Crippen molar-refractivity contribution in [3.05, 3.63) is 0 Å². The number of ether oxygens (including phenoxy) is 4. The first-order valence-corrected chi connectivity index (χ1v) is 41.8. The van der Waals surface area contributed by atoms with E-state index in [1.807, 2.05) is 0 Å². The lowest BCUT2D eigenvalue weighted by Gasteiger charge is -2.21. The Balaban J connectivity index is 5.24. The van der Waals surface area contributed by atoms with E-state index in [0.717, 1.165) is 114 Å². The molecule has 3 N–H and O–H groups in total. The van der Waals surface area contributed by atoms with E-state index in [2.05, 4.69) is 55.4 Å². The van der Waals surface area contributed by atoms with Gasteiger partial charge in [-0.25, -0.2) is 9.13 Å². The molecule has 0 spiro atoms. The summed E-state index contributed by atoms with van der Waals surface area (Å²) in [6.45, 7) is 14.2. The lowest BCUT2D eigenvalue weighted by Crippen LogP contribution is -2.30. The first-order chi connectivity index (χ1) is 45.2. The summed E-state index contributed by atoms with van der Waals surface area (Å²) in [5.74, 6) is 0.965. The van der Waals surface area contributed by atoms with Gasteiger partial charge in [-0.15, -0.1) is 0 Å². The Labute approximate surface area is 575 Å². The summed E-state index contributed by atoms with van der Waals surface area (Å²) in [4.78, 5) is 72.8. The predicted molar refractivity (Wildman–Crippen MR) is 381 cm³/mol. The minimum Gasteiger partial charge on any atom is -0.462 e. The summed E-state index contributed by atoms with van der Waals surface area (Å²) in [5.41, 5.74) is 0. The molecule has 19 heteroatoms. The fraction of sp³-hybridized carbons (Fsp3) is 0.947. The van der Waals surface area contributed by atoms with Crippen molar-refractivity contribution in [2.75, 3.05) is 39.6 Å². The number of aliphatic hydroxyl groups excluding tert-OH is 1. The highest BCUT2D eigenvalue weighted by molar-refractivity contribution is 7.47. The van der Waals surface area contributed by atoms with Gasteiger partial charge in [-0.05, 0) is 49.4 Å². The summed E-state index contributed by atoms with van der Waals surface area (Å²) in [6.07, 6.45) is 48.5. The van der Waals surface area contributed by atoms with E-state index in [1.54, 1.807) is 0 Å². The molecule has 0 aromatic rings. The number of esters is 4. The number of aliphatic hydroxyl groups is 1. The number of phosphoric ester groups is 2. The van der Waals surface area contributed by atoms with E-state index < -0.39 is 97.5 Å². The maximum Gasteiger partial charge on any atom is 0.472 e. The summed E-state index contributed by atoms with van der Waals surface area (Å²) >= 11 is 0. The molecule has 94 heavy (non-hydrogen) atoms.